The molecule has 0 aliphatic carbocycles. The van der Waals surface area contributed by atoms with Gasteiger partial charge in [-0.1, -0.05) is 29.3 Å². The van der Waals surface area contributed by atoms with Gasteiger partial charge in [0.15, 0.2) is 0 Å². The van der Waals surface area contributed by atoms with Crippen LogP contribution in [0.1, 0.15) is 11.5 Å². The van der Waals surface area contributed by atoms with Crippen LogP contribution in [0.3, 0.4) is 0 Å². The number of nitrogens with zero attached hydrogens (tertiary/aromatic N) is 3. The van der Waals surface area contributed by atoms with Crippen molar-refractivity contribution in [1.29, 1.82) is 0 Å². The molecule has 1 unspecified atom stereocenters. The van der Waals surface area contributed by atoms with Crippen molar-refractivity contribution in [2.45, 2.75) is 12.5 Å². The van der Waals surface area contributed by atoms with Crippen LogP contribution in [0.2, 0.25) is 10.0 Å². The van der Waals surface area contributed by atoms with Gasteiger partial charge < -0.3 is 5.11 Å². The highest BCUT2D eigenvalue weighted by Gasteiger charge is 2.15. The van der Waals surface area contributed by atoms with E-state index < -0.39 is 0 Å². The van der Waals surface area contributed by atoms with Gasteiger partial charge in [0, 0.05) is 16.0 Å². The van der Waals surface area contributed by atoms with Gasteiger partial charge in [0.25, 0.3) is 0 Å². The lowest BCUT2D eigenvalue weighted by Gasteiger charge is -2.16. The summed E-state index contributed by atoms with van der Waals surface area (Å²) in [6.07, 6.45) is 3.06. The Hall–Kier alpha value is -1.10. The van der Waals surface area contributed by atoms with E-state index in [4.69, 9.17) is 23.2 Å². The normalized spacial score (nSPS) is 12.6. The number of aliphatic hydroxyl groups excluding tert-OH is 1. The summed E-state index contributed by atoms with van der Waals surface area (Å²) in [5.41, 5.74) is 0.856. The van der Waals surface area contributed by atoms with Gasteiger partial charge in [0.05, 0.1) is 13.2 Å². The molecule has 1 atom stereocenters. The van der Waals surface area contributed by atoms with Gasteiger partial charge in [-0.2, -0.15) is 5.10 Å². The maximum Gasteiger partial charge on any atom is 0.137 e. The number of hydrogen-bond acceptors (Lipinski definition) is 3. The minimum absolute atomic E-state index is 0.0127. The van der Waals surface area contributed by atoms with Crippen LogP contribution >= 0.6 is 23.2 Å². The van der Waals surface area contributed by atoms with Crippen LogP contribution in [0.4, 0.5) is 0 Å². The molecule has 0 amide bonds. The minimum atomic E-state index is -0.124. The highest BCUT2D eigenvalue weighted by molar-refractivity contribution is 6.35. The number of hydrogen-bond donors (Lipinski definition) is 1. The molecule has 0 aliphatic heterocycles. The molecule has 17 heavy (non-hydrogen) atoms. The summed E-state index contributed by atoms with van der Waals surface area (Å²) in [4.78, 5) is 3.86. The van der Waals surface area contributed by atoms with E-state index in [2.05, 4.69) is 10.1 Å². The van der Waals surface area contributed by atoms with Crippen molar-refractivity contribution in [2.75, 3.05) is 6.61 Å². The Morgan fingerprint density at radius 3 is 2.76 bits per heavy atom. The van der Waals surface area contributed by atoms with Crippen molar-refractivity contribution in [2.24, 2.45) is 0 Å². The van der Waals surface area contributed by atoms with Crippen molar-refractivity contribution in [1.82, 2.24) is 14.8 Å². The molecule has 6 heteroatoms. The van der Waals surface area contributed by atoms with E-state index in [0.717, 1.165) is 5.56 Å². The van der Waals surface area contributed by atoms with Gasteiger partial charge in [-0.25, -0.2) is 4.98 Å². The predicted molar refractivity (Wildman–Crippen MR) is 66.3 cm³/mol. The Morgan fingerprint density at radius 1 is 1.35 bits per heavy atom. The zero-order valence-electron chi connectivity index (χ0n) is 8.92. The second-order valence-corrected chi connectivity index (χ2v) is 4.51. The fraction of sp³-hybridized carbons (Fsp3) is 0.273. The van der Waals surface area contributed by atoms with E-state index >= 15 is 0 Å². The molecule has 0 radical (unpaired) electrons. The van der Waals surface area contributed by atoms with Crippen LogP contribution in [0.25, 0.3) is 0 Å². The number of halogens is 2. The topological polar surface area (TPSA) is 50.9 Å². The molecule has 0 saturated heterocycles. The molecule has 4 nitrogen and oxygen atoms in total. The first-order valence-electron chi connectivity index (χ1n) is 5.09. The Bertz CT molecular complexity index is 487. The van der Waals surface area contributed by atoms with E-state index in [9.17, 15) is 5.11 Å². The first-order valence-corrected chi connectivity index (χ1v) is 5.84. The standard InChI is InChI=1S/C11H11Cl2N3O/c12-9-1-2-10(11(13)3-9)8(5-17)4-16-7-14-6-15-16/h1-3,6-8,17H,4-5H2. The summed E-state index contributed by atoms with van der Waals surface area (Å²) in [5, 5.41) is 14.6. The molecule has 90 valence electrons. The van der Waals surface area contributed by atoms with Gasteiger partial charge in [0.1, 0.15) is 12.7 Å². The summed E-state index contributed by atoms with van der Waals surface area (Å²) in [7, 11) is 0. The fourth-order valence-electron chi connectivity index (χ4n) is 1.64. The second kappa shape index (κ2) is 5.49. The molecular formula is C11H11Cl2N3O. The van der Waals surface area contributed by atoms with E-state index in [-0.39, 0.29) is 12.5 Å². The third kappa shape index (κ3) is 2.97. The monoisotopic (exact) mass is 271 g/mol. The Labute approximate surface area is 109 Å². The number of aromatic nitrogens is 3. The lowest BCUT2D eigenvalue weighted by atomic mass is 10.00. The maximum atomic E-state index is 9.42. The van der Waals surface area contributed by atoms with Crippen molar-refractivity contribution in [3.05, 3.63) is 46.5 Å². The van der Waals surface area contributed by atoms with Crippen molar-refractivity contribution in [3.8, 4) is 0 Å². The van der Waals surface area contributed by atoms with Crippen LogP contribution in [0.5, 0.6) is 0 Å². The SMILES string of the molecule is OCC(Cn1cncn1)c1ccc(Cl)cc1Cl. The van der Waals surface area contributed by atoms with Crippen LogP contribution in [-0.2, 0) is 6.54 Å². The molecule has 0 bridgehead atoms. The van der Waals surface area contributed by atoms with Gasteiger partial charge in [0.2, 0.25) is 0 Å². The van der Waals surface area contributed by atoms with Gasteiger partial charge in [-0.15, -0.1) is 0 Å². The van der Waals surface area contributed by atoms with E-state index in [0.29, 0.717) is 16.6 Å². The quantitative estimate of drug-likeness (QED) is 0.929. The van der Waals surface area contributed by atoms with Gasteiger partial charge in [-0.3, -0.25) is 4.68 Å². The molecule has 2 rings (SSSR count). The summed E-state index contributed by atoms with van der Waals surface area (Å²) in [5.74, 6) is -0.124. The minimum Gasteiger partial charge on any atom is -0.396 e. The van der Waals surface area contributed by atoms with Gasteiger partial charge in [-0.05, 0) is 17.7 Å². The molecule has 2 aromatic rings. The zero-order chi connectivity index (χ0) is 12.3. The lowest BCUT2D eigenvalue weighted by Crippen LogP contribution is -2.13. The third-order valence-electron chi connectivity index (χ3n) is 2.50. The van der Waals surface area contributed by atoms with Crippen molar-refractivity contribution >= 4 is 23.2 Å². The Morgan fingerprint density at radius 2 is 2.18 bits per heavy atom. The Kier molecular flexibility index (Phi) is 3.99. The van der Waals surface area contributed by atoms with Crippen LogP contribution < -0.4 is 0 Å². The average Bonchev–Trinajstić information content (AvgIpc) is 2.79. The molecule has 1 heterocycles. The Balaban J connectivity index is 2.23. The first kappa shape index (κ1) is 12.4. The molecule has 1 aromatic carbocycles. The highest BCUT2D eigenvalue weighted by Crippen LogP contribution is 2.28. The van der Waals surface area contributed by atoms with Gasteiger partial charge >= 0.3 is 0 Å². The molecule has 0 fully saturated rings. The summed E-state index contributed by atoms with van der Waals surface area (Å²) in [6, 6.07) is 5.25. The summed E-state index contributed by atoms with van der Waals surface area (Å²) in [6.45, 7) is 0.513. The average molecular weight is 272 g/mol. The summed E-state index contributed by atoms with van der Waals surface area (Å²) < 4.78 is 1.66. The smallest absolute Gasteiger partial charge is 0.137 e. The lowest BCUT2D eigenvalue weighted by molar-refractivity contribution is 0.249. The molecule has 0 saturated carbocycles. The van der Waals surface area contributed by atoms with Crippen molar-refractivity contribution in [3.63, 3.8) is 0 Å². The molecular weight excluding hydrogens is 261 g/mol. The van der Waals surface area contributed by atoms with E-state index in [1.165, 1.54) is 6.33 Å². The molecule has 0 spiro atoms. The number of aliphatic hydroxyl groups is 1. The van der Waals surface area contributed by atoms with Crippen LogP contribution in [-0.4, -0.2) is 26.5 Å². The third-order valence-corrected chi connectivity index (χ3v) is 3.06. The van der Waals surface area contributed by atoms with Crippen LogP contribution in [0, 0.1) is 0 Å². The predicted octanol–water partition coefficient (Wildman–Crippen LogP) is 2.36. The molecule has 0 aliphatic rings. The largest absolute Gasteiger partial charge is 0.396 e. The highest BCUT2D eigenvalue weighted by atomic mass is 35.5. The maximum absolute atomic E-state index is 9.42. The number of benzene rings is 1. The molecule has 1 N–H and O–H groups in total. The fourth-order valence-corrected chi connectivity index (χ4v) is 2.20. The van der Waals surface area contributed by atoms with E-state index in [1.807, 2.05) is 6.07 Å². The zero-order valence-corrected chi connectivity index (χ0v) is 10.4. The van der Waals surface area contributed by atoms with Crippen molar-refractivity contribution < 1.29 is 5.11 Å². The summed E-state index contributed by atoms with van der Waals surface area (Å²) >= 11 is 11.9. The number of rotatable bonds is 4. The molecule has 1 aromatic heterocycles. The second-order valence-electron chi connectivity index (χ2n) is 3.66. The first-order chi connectivity index (χ1) is 8.20. The van der Waals surface area contributed by atoms with Crippen LogP contribution in [0.15, 0.2) is 30.9 Å². The van der Waals surface area contributed by atoms with E-state index in [1.54, 1.807) is 23.1 Å².